The second kappa shape index (κ2) is 9.67. The van der Waals surface area contributed by atoms with Crippen molar-refractivity contribution in [3.63, 3.8) is 0 Å². The minimum Gasteiger partial charge on any atom is -0.360 e. The van der Waals surface area contributed by atoms with Crippen molar-refractivity contribution in [2.45, 2.75) is 19.0 Å². The Labute approximate surface area is 210 Å². The molecule has 0 saturated heterocycles. The van der Waals surface area contributed by atoms with E-state index >= 15 is 0 Å². The molecule has 0 aliphatic heterocycles. The van der Waals surface area contributed by atoms with Crippen molar-refractivity contribution < 1.29 is 9.72 Å². The summed E-state index contributed by atoms with van der Waals surface area (Å²) in [6, 6.07) is 20.6. The molecule has 0 saturated carbocycles. The van der Waals surface area contributed by atoms with E-state index in [2.05, 4.69) is 20.5 Å². The molecule has 0 atom stereocenters. The van der Waals surface area contributed by atoms with Gasteiger partial charge in [-0.1, -0.05) is 48.2 Å². The van der Waals surface area contributed by atoms with Gasteiger partial charge in [-0.15, -0.1) is 10.2 Å². The zero-order valence-electron chi connectivity index (χ0n) is 19.6. The molecule has 2 aromatic heterocycles. The average molecular weight is 499 g/mol. The number of nitrogens with zero attached hydrogens (tertiary/aromatic N) is 4. The second-order valence-corrected chi connectivity index (χ2v) is 9.21. The number of hydrogen-bond donors (Lipinski definition) is 2. The number of anilines is 1. The van der Waals surface area contributed by atoms with Crippen molar-refractivity contribution in [1.82, 2.24) is 19.7 Å². The van der Waals surface area contributed by atoms with Crippen LogP contribution in [0, 0.1) is 24.0 Å². The Hall–Kier alpha value is -4.44. The molecule has 0 unspecified atom stereocenters. The fourth-order valence-corrected chi connectivity index (χ4v) is 4.82. The molecule has 180 valence electrons. The first-order valence-electron chi connectivity index (χ1n) is 11.2. The van der Waals surface area contributed by atoms with Crippen molar-refractivity contribution in [3.8, 4) is 17.1 Å². The number of benzene rings is 3. The molecule has 0 fully saturated rings. The number of amides is 1. The fourth-order valence-electron chi connectivity index (χ4n) is 4.07. The van der Waals surface area contributed by atoms with Crippen LogP contribution in [0.15, 0.2) is 78.1 Å². The molecule has 2 heterocycles. The van der Waals surface area contributed by atoms with Crippen molar-refractivity contribution in [2.24, 2.45) is 0 Å². The molecular formula is C26H22N6O3S. The zero-order valence-corrected chi connectivity index (χ0v) is 20.4. The van der Waals surface area contributed by atoms with Crippen molar-refractivity contribution in [3.05, 3.63) is 94.2 Å². The number of carbonyl (C=O) groups is 1. The number of fused-ring (bicyclic) bond motifs is 1. The van der Waals surface area contributed by atoms with Crippen LogP contribution in [0.5, 0.6) is 0 Å². The molecule has 1 amide bonds. The van der Waals surface area contributed by atoms with Gasteiger partial charge in [0.1, 0.15) is 0 Å². The Morgan fingerprint density at radius 2 is 1.89 bits per heavy atom. The van der Waals surface area contributed by atoms with E-state index in [-0.39, 0.29) is 17.3 Å². The number of aromatic nitrogens is 4. The maximum absolute atomic E-state index is 12.8. The first-order valence-corrected chi connectivity index (χ1v) is 12.2. The number of nitrogens with one attached hydrogen (secondary N) is 2. The van der Waals surface area contributed by atoms with Crippen LogP contribution in [0.2, 0.25) is 0 Å². The average Bonchev–Trinajstić information content (AvgIpc) is 3.48. The van der Waals surface area contributed by atoms with Crippen LogP contribution in [-0.2, 0) is 4.79 Å². The van der Waals surface area contributed by atoms with Crippen LogP contribution in [0.4, 0.5) is 11.4 Å². The molecule has 36 heavy (non-hydrogen) atoms. The summed E-state index contributed by atoms with van der Waals surface area (Å²) in [5.74, 6) is 0.423. The largest absolute Gasteiger partial charge is 0.360 e. The van der Waals surface area contributed by atoms with Crippen LogP contribution in [0.3, 0.4) is 0 Å². The summed E-state index contributed by atoms with van der Waals surface area (Å²) in [5, 5.41) is 24.5. The highest BCUT2D eigenvalue weighted by Gasteiger charge is 2.20. The zero-order chi connectivity index (χ0) is 25.2. The number of hydrogen-bond acceptors (Lipinski definition) is 6. The number of thioether (sulfide) groups is 1. The van der Waals surface area contributed by atoms with E-state index in [4.69, 9.17) is 0 Å². The molecule has 9 nitrogen and oxygen atoms in total. The summed E-state index contributed by atoms with van der Waals surface area (Å²) < 4.78 is 1.94. The SMILES string of the molecule is Cc1cccc(-n2c(SCC(=O)Nc3cccc([N+](=O)[O-])c3C)nnc2-c2c[nH]c3ccccc23)c1. The van der Waals surface area contributed by atoms with Gasteiger partial charge in [-0.3, -0.25) is 19.5 Å². The van der Waals surface area contributed by atoms with Gasteiger partial charge in [-0.25, -0.2) is 0 Å². The Balaban J connectivity index is 1.46. The number of aryl methyl sites for hydroxylation is 1. The Morgan fingerprint density at radius 1 is 1.08 bits per heavy atom. The predicted molar refractivity (Wildman–Crippen MR) is 141 cm³/mol. The van der Waals surface area contributed by atoms with Crippen LogP contribution < -0.4 is 5.32 Å². The number of carbonyl (C=O) groups excluding carboxylic acids is 1. The third-order valence-corrected chi connectivity index (χ3v) is 6.76. The normalized spacial score (nSPS) is 11.1. The van der Waals surface area contributed by atoms with Crippen LogP contribution in [0.25, 0.3) is 28.0 Å². The van der Waals surface area contributed by atoms with Gasteiger partial charge in [0, 0.05) is 34.4 Å². The van der Waals surface area contributed by atoms with E-state index in [0.717, 1.165) is 27.7 Å². The third-order valence-electron chi connectivity index (χ3n) is 5.83. The smallest absolute Gasteiger partial charge is 0.274 e. The summed E-state index contributed by atoms with van der Waals surface area (Å²) in [7, 11) is 0. The maximum Gasteiger partial charge on any atom is 0.274 e. The van der Waals surface area contributed by atoms with Gasteiger partial charge in [0.25, 0.3) is 5.69 Å². The quantitative estimate of drug-likeness (QED) is 0.169. The third kappa shape index (κ3) is 4.46. The highest BCUT2D eigenvalue weighted by Crippen LogP contribution is 2.33. The molecule has 2 N–H and O–H groups in total. The lowest BCUT2D eigenvalue weighted by atomic mass is 10.1. The summed E-state index contributed by atoms with van der Waals surface area (Å²) >= 11 is 1.25. The van der Waals surface area contributed by atoms with E-state index in [1.54, 1.807) is 19.1 Å². The predicted octanol–water partition coefficient (Wildman–Crippen LogP) is 5.67. The lowest BCUT2D eigenvalue weighted by Gasteiger charge is -2.11. The molecule has 5 rings (SSSR count). The Bertz CT molecular complexity index is 1610. The standard InChI is InChI=1S/C26H22N6O3S/c1-16-7-5-8-18(13-16)31-25(20-14-27-22-10-4-3-9-19(20)22)29-30-26(31)36-15-24(33)28-21-11-6-12-23(17(21)2)32(34)35/h3-14,27H,15H2,1-2H3,(H,28,33). The summed E-state index contributed by atoms with van der Waals surface area (Å²) in [4.78, 5) is 26.8. The number of nitro benzene ring substituents is 1. The van der Waals surface area contributed by atoms with Gasteiger partial charge >= 0.3 is 0 Å². The molecule has 0 spiro atoms. The highest BCUT2D eigenvalue weighted by molar-refractivity contribution is 7.99. The van der Waals surface area contributed by atoms with Crippen LogP contribution >= 0.6 is 11.8 Å². The number of aromatic amines is 1. The minimum atomic E-state index is -0.462. The number of para-hydroxylation sites is 1. The monoisotopic (exact) mass is 498 g/mol. The Morgan fingerprint density at radius 3 is 2.69 bits per heavy atom. The van der Waals surface area contributed by atoms with E-state index in [9.17, 15) is 14.9 Å². The van der Waals surface area contributed by atoms with Crippen molar-refractivity contribution in [1.29, 1.82) is 0 Å². The maximum atomic E-state index is 12.8. The topological polar surface area (TPSA) is 119 Å². The Kier molecular flexibility index (Phi) is 6.26. The van der Waals surface area contributed by atoms with Gasteiger partial charge in [-0.2, -0.15) is 0 Å². The lowest BCUT2D eigenvalue weighted by molar-refractivity contribution is -0.385. The molecule has 0 aliphatic rings. The molecular weight excluding hydrogens is 476 g/mol. The first kappa shape index (κ1) is 23.3. The van der Waals surface area contributed by atoms with E-state index in [0.29, 0.717) is 22.2 Å². The van der Waals surface area contributed by atoms with Crippen molar-refractivity contribution in [2.75, 3.05) is 11.1 Å². The molecule has 5 aromatic rings. The second-order valence-electron chi connectivity index (χ2n) is 8.27. The van der Waals surface area contributed by atoms with Gasteiger partial charge < -0.3 is 10.3 Å². The van der Waals surface area contributed by atoms with E-state index in [1.807, 2.05) is 66.2 Å². The number of H-pyrrole nitrogens is 1. The van der Waals surface area contributed by atoms with Gasteiger partial charge in [-0.05, 0) is 43.7 Å². The van der Waals surface area contributed by atoms with Gasteiger partial charge in [0.15, 0.2) is 11.0 Å². The lowest BCUT2D eigenvalue weighted by Crippen LogP contribution is -2.15. The van der Waals surface area contributed by atoms with Crippen LogP contribution in [-0.4, -0.2) is 36.3 Å². The number of nitro groups is 1. The molecule has 0 radical (unpaired) electrons. The molecule has 0 bridgehead atoms. The van der Waals surface area contributed by atoms with E-state index in [1.165, 1.54) is 17.8 Å². The summed E-state index contributed by atoms with van der Waals surface area (Å²) in [5.41, 5.74) is 4.65. The van der Waals surface area contributed by atoms with Gasteiger partial charge in [0.2, 0.25) is 5.91 Å². The first-order chi connectivity index (χ1) is 17.4. The van der Waals surface area contributed by atoms with E-state index < -0.39 is 4.92 Å². The van der Waals surface area contributed by atoms with Crippen LogP contribution in [0.1, 0.15) is 11.1 Å². The highest BCUT2D eigenvalue weighted by atomic mass is 32.2. The van der Waals surface area contributed by atoms with Gasteiger partial charge in [0.05, 0.1) is 21.9 Å². The number of rotatable bonds is 7. The molecule has 10 heteroatoms. The summed E-state index contributed by atoms with van der Waals surface area (Å²) in [6.45, 7) is 3.63. The minimum absolute atomic E-state index is 0.0389. The molecule has 3 aromatic carbocycles. The van der Waals surface area contributed by atoms with Crippen molar-refractivity contribution >= 4 is 39.9 Å². The fraction of sp³-hybridized carbons (Fsp3) is 0.115. The molecule has 0 aliphatic carbocycles. The summed E-state index contributed by atoms with van der Waals surface area (Å²) in [6.07, 6.45) is 1.91.